The average Bonchev–Trinajstić information content (AvgIpc) is 2.19. The van der Waals surface area contributed by atoms with Crippen molar-refractivity contribution >= 4 is 39.4 Å². The SMILES string of the molecule is CC(=O)N[C@H](CC(=O)O)c1ccc(Br)c(Cl)c1. The highest BCUT2D eigenvalue weighted by atomic mass is 79.9. The van der Waals surface area contributed by atoms with E-state index in [1.54, 1.807) is 18.2 Å². The van der Waals surface area contributed by atoms with Crippen molar-refractivity contribution in [2.24, 2.45) is 0 Å². The molecule has 1 amide bonds. The minimum atomic E-state index is -0.984. The van der Waals surface area contributed by atoms with Crippen LogP contribution >= 0.6 is 27.5 Å². The molecule has 0 spiro atoms. The van der Waals surface area contributed by atoms with Gasteiger partial charge in [0.1, 0.15) is 0 Å². The van der Waals surface area contributed by atoms with E-state index < -0.39 is 12.0 Å². The third-order valence-electron chi connectivity index (χ3n) is 2.10. The third kappa shape index (κ3) is 4.36. The molecule has 0 bridgehead atoms. The molecule has 4 nitrogen and oxygen atoms in total. The summed E-state index contributed by atoms with van der Waals surface area (Å²) in [4.78, 5) is 21.7. The second-order valence-corrected chi connectivity index (χ2v) is 4.79. The maximum absolute atomic E-state index is 11.0. The molecule has 0 saturated heterocycles. The molecule has 0 aliphatic rings. The molecule has 1 rings (SSSR count). The largest absolute Gasteiger partial charge is 0.481 e. The van der Waals surface area contributed by atoms with Crippen molar-refractivity contribution < 1.29 is 14.7 Å². The lowest BCUT2D eigenvalue weighted by atomic mass is 10.0. The molecule has 0 aromatic heterocycles. The van der Waals surface area contributed by atoms with Crippen LogP contribution in [-0.2, 0) is 9.59 Å². The molecule has 17 heavy (non-hydrogen) atoms. The van der Waals surface area contributed by atoms with Crippen molar-refractivity contribution in [3.8, 4) is 0 Å². The lowest BCUT2D eigenvalue weighted by Gasteiger charge is -2.16. The first kappa shape index (κ1) is 14.0. The number of halogens is 2. The van der Waals surface area contributed by atoms with E-state index in [-0.39, 0.29) is 12.3 Å². The summed E-state index contributed by atoms with van der Waals surface area (Å²) in [6.45, 7) is 1.34. The van der Waals surface area contributed by atoms with Crippen LogP contribution in [-0.4, -0.2) is 17.0 Å². The normalized spacial score (nSPS) is 11.9. The summed E-state index contributed by atoms with van der Waals surface area (Å²) in [5, 5.41) is 11.8. The molecule has 2 N–H and O–H groups in total. The molecule has 6 heteroatoms. The summed E-state index contributed by atoms with van der Waals surface area (Å²) in [5.74, 6) is -1.27. The quantitative estimate of drug-likeness (QED) is 0.896. The van der Waals surface area contributed by atoms with Gasteiger partial charge < -0.3 is 10.4 Å². The molecular formula is C11H11BrClNO3. The zero-order chi connectivity index (χ0) is 13.0. The van der Waals surface area contributed by atoms with E-state index in [9.17, 15) is 9.59 Å². The molecule has 0 aliphatic heterocycles. The molecule has 1 aromatic rings. The molecule has 92 valence electrons. The van der Waals surface area contributed by atoms with Gasteiger partial charge in [0.05, 0.1) is 17.5 Å². The number of nitrogens with one attached hydrogen (secondary N) is 1. The first-order valence-electron chi connectivity index (χ1n) is 4.84. The average molecular weight is 321 g/mol. The van der Waals surface area contributed by atoms with Crippen LogP contribution in [0.3, 0.4) is 0 Å². The summed E-state index contributed by atoms with van der Waals surface area (Å²) < 4.78 is 0.722. The number of carbonyl (C=O) groups is 2. The zero-order valence-electron chi connectivity index (χ0n) is 9.04. The number of carboxylic acid groups (broad SMARTS) is 1. The molecule has 1 atom stereocenters. The van der Waals surface area contributed by atoms with Gasteiger partial charge in [0.15, 0.2) is 0 Å². The molecule has 1 aromatic carbocycles. The second kappa shape index (κ2) is 6.02. The Kier molecular flexibility index (Phi) is 4.96. The first-order chi connectivity index (χ1) is 7.90. The Balaban J connectivity index is 2.98. The number of amides is 1. The van der Waals surface area contributed by atoms with Gasteiger partial charge in [-0.2, -0.15) is 0 Å². The molecule has 0 unspecified atom stereocenters. The van der Waals surface area contributed by atoms with Crippen molar-refractivity contribution in [2.45, 2.75) is 19.4 Å². The third-order valence-corrected chi connectivity index (χ3v) is 3.33. The van der Waals surface area contributed by atoms with Gasteiger partial charge >= 0.3 is 5.97 Å². The van der Waals surface area contributed by atoms with Crippen LogP contribution in [0.25, 0.3) is 0 Å². The summed E-state index contributed by atoms with van der Waals surface area (Å²) >= 11 is 9.17. The van der Waals surface area contributed by atoms with Crippen LogP contribution < -0.4 is 5.32 Å². The van der Waals surface area contributed by atoms with E-state index >= 15 is 0 Å². The zero-order valence-corrected chi connectivity index (χ0v) is 11.4. The highest BCUT2D eigenvalue weighted by Crippen LogP contribution is 2.27. The van der Waals surface area contributed by atoms with E-state index in [4.69, 9.17) is 16.7 Å². The molecule has 0 heterocycles. The number of benzene rings is 1. The first-order valence-corrected chi connectivity index (χ1v) is 6.01. The lowest BCUT2D eigenvalue weighted by Crippen LogP contribution is -2.27. The summed E-state index contributed by atoms with van der Waals surface area (Å²) in [6, 6.07) is 4.50. The van der Waals surface area contributed by atoms with Crippen LogP contribution in [0.1, 0.15) is 24.9 Å². The van der Waals surface area contributed by atoms with E-state index in [0.717, 1.165) is 4.47 Å². The van der Waals surface area contributed by atoms with E-state index in [0.29, 0.717) is 10.6 Å². The summed E-state index contributed by atoms with van der Waals surface area (Å²) in [6.07, 6.45) is -0.183. The second-order valence-electron chi connectivity index (χ2n) is 3.52. The van der Waals surface area contributed by atoms with E-state index in [1.807, 2.05) is 0 Å². The lowest BCUT2D eigenvalue weighted by molar-refractivity contribution is -0.137. The maximum Gasteiger partial charge on any atom is 0.305 e. The number of hydrogen-bond acceptors (Lipinski definition) is 2. The Hall–Kier alpha value is -1.07. The highest BCUT2D eigenvalue weighted by Gasteiger charge is 2.17. The molecule has 0 fully saturated rings. The van der Waals surface area contributed by atoms with Crippen LogP contribution in [0.15, 0.2) is 22.7 Å². The number of aliphatic carboxylic acids is 1. The van der Waals surface area contributed by atoms with Gasteiger partial charge in [0.25, 0.3) is 0 Å². The van der Waals surface area contributed by atoms with Crippen LogP contribution in [0.5, 0.6) is 0 Å². The van der Waals surface area contributed by atoms with E-state index in [2.05, 4.69) is 21.2 Å². The number of rotatable bonds is 4. The van der Waals surface area contributed by atoms with Crippen LogP contribution in [0, 0.1) is 0 Å². The van der Waals surface area contributed by atoms with E-state index in [1.165, 1.54) is 6.92 Å². The fourth-order valence-corrected chi connectivity index (χ4v) is 1.84. The van der Waals surface area contributed by atoms with Crippen molar-refractivity contribution in [3.63, 3.8) is 0 Å². The fraction of sp³-hybridized carbons (Fsp3) is 0.273. The Morgan fingerprint density at radius 3 is 2.65 bits per heavy atom. The van der Waals surface area contributed by atoms with Crippen LogP contribution in [0.4, 0.5) is 0 Å². The Labute approximate surface area is 112 Å². The molecule has 0 saturated carbocycles. The van der Waals surface area contributed by atoms with Gasteiger partial charge in [-0.25, -0.2) is 0 Å². The van der Waals surface area contributed by atoms with Gasteiger partial charge in [-0.3, -0.25) is 9.59 Å². The van der Waals surface area contributed by atoms with Gasteiger partial charge in [-0.15, -0.1) is 0 Å². The fourth-order valence-electron chi connectivity index (χ4n) is 1.40. The summed E-state index contributed by atoms with van der Waals surface area (Å²) in [7, 11) is 0. The Bertz CT molecular complexity index is 434. The highest BCUT2D eigenvalue weighted by molar-refractivity contribution is 9.10. The van der Waals surface area contributed by atoms with Crippen molar-refractivity contribution in [3.05, 3.63) is 33.3 Å². The van der Waals surface area contributed by atoms with Gasteiger partial charge in [0.2, 0.25) is 5.91 Å². The predicted molar refractivity (Wildman–Crippen MR) is 68.0 cm³/mol. The Morgan fingerprint density at radius 2 is 2.18 bits per heavy atom. The molecule has 0 radical (unpaired) electrons. The molecule has 0 aliphatic carbocycles. The monoisotopic (exact) mass is 319 g/mol. The van der Waals surface area contributed by atoms with Crippen molar-refractivity contribution in [1.82, 2.24) is 5.32 Å². The smallest absolute Gasteiger partial charge is 0.305 e. The standard InChI is InChI=1S/C11H11BrClNO3/c1-6(15)14-10(5-11(16)17)7-2-3-8(12)9(13)4-7/h2-4,10H,5H2,1H3,(H,14,15)(H,16,17)/t10-/m1/s1. The van der Waals surface area contributed by atoms with Crippen LogP contribution in [0.2, 0.25) is 5.02 Å². The Morgan fingerprint density at radius 1 is 1.53 bits per heavy atom. The number of hydrogen-bond donors (Lipinski definition) is 2. The maximum atomic E-state index is 11.0. The molecular weight excluding hydrogens is 309 g/mol. The minimum Gasteiger partial charge on any atom is -0.481 e. The predicted octanol–water partition coefficient (Wildman–Crippen LogP) is 2.75. The summed E-state index contributed by atoms with van der Waals surface area (Å²) in [5.41, 5.74) is 0.663. The van der Waals surface area contributed by atoms with Gasteiger partial charge in [-0.1, -0.05) is 17.7 Å². The van der Waals surface area contributed by atoms with Crippen molar-refractivity contribution in [2.75, 3.05) is 0 Å². The van der Waals surface area contributed by atoms with Gasteiger partial charge in [0, 0.05) is 11.4 Å². The van der Waals surface area contributed by atoms with Crippen molar-refractivity contribution in [1.29, 1.82) is 0 Å². The minimum absolute atomic E-state index is 0.183. The number of carbonyl (C=O) groups excluding carboxylic acids is 1. The van der Waals surface area contributed by atoms with Gasteiger partial charge in [-0.05, 0) is 33.6 Å². The number of carboxylic acids is 1. The topological polar surface area (TPSA) is 66.4 Å².